The SMILES string of the molecule is CC(c1ccc(O)c(Cl)c1)P(c1ccccc1)c1ccccc1. The van der Waals surface area contributed by atoms with Crippen LogP contribution in [0.4, 0.5) is 0 Å². The molecule has 0 saturated carbocycles. The van der Waals surface area contributed by atoms with Crippen LogP contribution in [0.5, 0.6) is 5.75 Å². The summed E-state index contributed by atoms with van der Waals surface area (Å²) in [5, 5.41) is 12.8. The molecule has 0 aliphatic rings. The molecule has 0 amide bonds. The van der Waals surface area contributed by atoms with Crippen molar-refractivity contribution in [2.75, 3.05) is 0 Å². The van der Waals surface area contributed by atoms with Crippen LogP contribution in [0.3, 0.4) is 0 Å². The van der Waals surface area contributed by atoms with Crippen molar-refractivity contribution in [1.29, 1.82) is 0 Å². The summed E-state index contributed by atoms with van der Waals surface area (Å²) < 4.78 is 0. The second-order valence-corrected chi connectivity index (χ2v) is 8.38. The molecule has 23 heavy (non-hydrogen) atoms. The Labute approximate surface area is 143 Å². The van der Waals surface area contributed by atoms with Gasteiger partial charge in [0.15, 0.2) is 0 Å². The van der Waals surface area contributed by atoms with Crippen LogP contribution in [-0.2, 0) is 0 Å². The Hall–Kier alpha value is -1.82. The second-order valence-electron chi connectivity index (χ2n) is 5.43. The van der Waals surface area contributed by atoms with Crippen LogP contribution in [0.1, 0.15) is 18.1 Å². The number of benzene rings is 3. The van der Waals surface area contributed by atoms with Crippen LogP contribution < -0.4 is 10.6 Å². The predicted octanol–water partition coefficient (Wildman–Crippen LogP) is 5.24. The Morgan fingerprint density at radius 2 is 1.35 bits per heavy atom. The monoisotopic (exact) mass is 340 g/mol. The van der Waals surface area contributed by atoms with Gasteiger partial charge in [-0.2, -0.15) is 0 Å². The molecular formula is C20H18ClOP. The third-order valence-electron chi connectivity index (χ3n) is 3.91. The molecule has 0 fully saturated rings. The van der Waals surface area contributed by atoms with E-state index in [0.717, 1.165) is 5.56 Å². The number of phenolic OH excluding ortho intramolecular Hbond substituents is 1. The van der Waals surface area contributed by atoms with E-state index in [1.54, 1.807) is 6.07 Å². The van der Waals surface area contributed by atoms with Crippen LogP contribution >= 0.6 is 19.5 Å². The molecule has 0 spiro atoms. The first-order valence-corrected chi connectivity index (χ1v) is 9.33. The third-order valence-corrected chi connectivity index (χ3v) is 6.99. The summed E-state index contributed by atoms with van der Waals surface area (Å²) in [6.07, 6.45) is 0. The van der Waals surface area contributed by atoms with E-state index in [4.69, 9.17) is 11.6 Å². The highest BCUT2D eigenvalue weighted by Crippen LogP contribution is 2.49. The minimum absolute atomic E-state index is 0.131. The standard InChI is InChI=1S/C20H18ClOP/c1-15(16-12-13-20(22)19(21)14-16)23(17-8-4-2-5-9-17)18-10-6-3-7-11-18/h2-15,22H,1H3. The summed E-state index contributed by atoms with van der Waals surface area (Å²) in [5.41, 5.74) is 1.44. The topological polar surface area (TPSA) is 20.2 Å². The van der Waals surface area contributed by atoms with Crippen LogP contribution in [-0.4, -0.2) is 5.11 Å². The molecule has 3 aromatic rings. The lowest BCUT2D eigenvalue weighted by molar-refractivity contribution is 0.475. The van der Waals surface area contributed by atoms with Gasteiger partial charge >= 0.3 is 0 Å². The van der Waals surface area contributed by atoms with Crippen molar-refractivity contribution in [3.63, 3.8) is 0 Å². The summed E-state index contributed by atoms with van der Waals surface area (Å²) in [7, 11) is -0.551. The van der Waals surface area contributed by atoms with E-state index in [9.17, 15) is 5.11 Å². The largest absolute Gasteiger partial charge is 0.506 e. The van der Waals surface area contributed by atoms with Gasteiger partial charge in [0.1, 0.15) is 5.75 Å². The maximum absolute atomic E-state index is 9.67. The molecule has 0 aromatic heterocycles. The van der Waals surface area contributed by atoms with Gasteiger partial charge in [-0.3, -0.25) is 0 Å². The maximum Gasteiger partial charge on any atom is 0.134 e. The van der Waals surface area contributed by atoms with Crippen molar-refractivity contribution in [1.82, 2.24) is 0 Å². The van der Waals surface area contributed by atoms with Crippen molar-refractivity contribution in [2.24, 2.45) is 0 Å². The van der Waals surface area contributed by atoms with Gasteiger partial charge in [0.05, 0.1) is 5.02 Å². The highest BCUT2D eigenvalue weighted by atomic mass is 35.5. The average Bonchev–Trinajstić information content (AvgIpc) is 2.59. The molecule has 1 N–H and O–H groups in total. The first-order chi connectivity index (χ1) is 11.2. The van der Waals surface area contributed by atoms with E-state index in [1.807, 2.05) is 24.3 Å². The molecule has 0 aliphatic carbocycles. The van der Waals surface area contributed by atoms with Gasteiger partial charge in [-0.25, -0.2) is 0 Å². The first kappa shape index (κ1) is 16.1. The smallest absolute Gasteiger partial charge is 0.134 e. The molecule has 1 nitrogen and oxygen atoms in total. The Morgan fingerprint density at radius 1 is 0.826 bits per heavy atom. The fraction of sp³-hybridized carbons (Fsp3) is 0.100. The van der Waals surface area contributed by atoms with Crippen molar-refractivity contribution >= 4 is 30.1 Å². The van der Waals surface area contributed by atoms with Gasteiger partial charge in [0, 0.05) is 5.66 Å². The van der Waals surface area contributed by atoms with Gasteiger partial charge in [-0.1, -0.05) is 85.3 Å². The fourth-order valence-electron chi connectivity index (χ4n) is 2.71. The van der Waals surface area contributed by atoms with Crippen LogP contribution in [0, 0.1) is 0 Å². The molecule has 0 saturated heterocycles. The normalized spacial score (nSPS) is 12.3. The average molecular weight is 341 g/mol. The van der Waals surface area contributed by atoms with Gasteiger partial charge in [-0.15, -0.1) is 0 Å². The molecule has 0 radical (unpaired) electrons. The van der Waals surface area contributed by atoms with E-state index < -0.39 is 7.92 Å². The minimum atomic E-state index is -0.551. The van der Waals surface area contributed by atoms with Gasteiger partial charge < -0.3 is 5.11 Å². The molecule has 3 rings (SSSR count). The predicted molar refractivity (Wildman–Crippen MR) is 101 cm³/mol. The van der Waals surface area contributed by atoms with E-state index >= 15 is 0 Å². The maximum atomic E-state index is 9.67. The fourth-order valence-corrected chi connectivity index (χ4v) is 5.53. The van der Waals surface area contributed by atoms with Crippen molar-refractivity contribution < 1.29 is 5.11 Å². The Balaban J connectivity index is 2.06. The Bertz CT molecular complexity index is 735. The van der Waals surface area contributed by atoms with E-state index in [0.29, 0.717) is 10.7 Å². The molecule has 1 unspecified atom stereocenters. The zero-order chi connectivity index (χ0) is 16.2. The number of phenols is 1. The van der Waals surface area contributed by atoms with Crippen molar-refractivity contribution in [2.45, 2.75) is 12.6 Å². The Morgan fingerprint density at radius 3 is 1.83 bits per heavy atom. The molecule has 3 heteroatoms. The number of hydrogen-bond acceptors (Lipinski definition) is 1. The molecular weight excluding hydrogens is 323 g/mol. The minimum Gasteiger partial charge on any atom is -0.506 e. The van der Waals surface area contributed by atoms with Crippen molar-refractivity contribution in [3.8, 4) is 5.75 Å². The lowest BCUT2D eigenvalue weighted by Crippen LogP contribution is -2.15. The lowest BCUT2D eigenvalue weighted by atomic mass is 10.1. The van der Waals surface area contributed by atoms with Gasteiger partial charge in [-0.05, 0) is 36.2 Å². The molecule has 116 valence electrons. The Kier molecular flexibility index (Phi) is 5.00. The molecule has 0 heterocycles. The van der Waals surface area contributed by atoms with E-state index in [1.165, 1.54) is 10.6 Å². The highest BCUT2D eigenvalue weighted by Gasteiger charge is 2.22. The van der Waals surface area contributed by atoms with Gasteiger partial charge in [0.25, 0.3) is 0 Å². The number of halogens is 1. The molecule has 0 aliphatic heterocycles. The zero-order valence-corrected chi connectivity index (χ0v) is 14.5. The summed E-state index contributed by atoms with van der Waals surface area (Å²) >= 11 is 6.11. The highest BCUT2D eigenvalue weighted by molar-refractivity contribution is 7.73. The summed E-state index contributed by atoms with van der Waals surface area (Å²) in [6.45, 7) is 2.23. The number of rotatable bonds is 4. The lowest BCUT2D eigenvalue weighted by Gasteiger charge is -2.26. The van der Waals surface area contributed by atoms with Crippen LogP contribution in [0.25, 0.3) is 0 Å². The summed E-state index contributed by atoms with van der Waals surface area (Å²) in [6, 6.07) is 26.7. The van der Waals surface area contributed by atoms with E-state index in [2.05, 4.69) is 55.5 Å². The molecule has 1 atom stereocenters. The first-order valence-electron chi connectivity index (χ1n) is 7.54. The molecule has 0 bridgehead atoms. The number of aromatic hydroxyl groups is 1. The van der Waals surface area contributed by atoms with E-state index in [-0.39, 0.29) is 5.75 Å². The summed E-state index contributed by atoms with van der Waals surface area (Å²) in [5.74, 6) is 0.131. The number of hydrogen-bond donors (Lipinski definition) is 1. The van der Waals surface area contributed by atoms with Gasteiger partial charge in [0.2, 0.25) is 0 Å². The second kappa shape index (κ2) is 7.17. The van der Waals surface area contributed by atoms with Crippen LogP contribution in [0.2, 0.25) is 5.02 Å². The quantitative estimate of drug-likeness (QED) is 0.644. The molecule has 3 aromatic carbocycles. The van der Waals surface area contributed by atoms with Crippen molar-refractivity contribution in [3.05, 3.63) is 89.4 Å². The zero-order valence-electron chi connectivity index (χ0n) is 12.9. The third kappa shape index (κ3) is 3.58. The van der Waals surface area contributed by atoms with Crippen LogP contribution in [0.15, 0.2) is 78.9 Å². The summed E-state index contributed by atoms with van der Waals surface area (Å²) in [4.78, 5) is 0.